The standard InChI is InChI=1S/C17H15N5O.2H2O/c1-10-7-15(23)21-22-16(10)11-4-5-13-14(8-11)20-17(19-13)12-3-2-6-18-9-12;;/h2-6,8-10H,7H2,1H3,(H,19,20)(H,21,23);2*1H2. The first-order chi connectivity index (χ1) is 11.2. The Labute approximate surface area is 143 Å². The Morgan fingerprint density at radius 2 is 2.00 bits per heavy atom. The summed E-state index contributed by atoms with van der Waals surface area (Å²) in [6.07, 6.45) is 3.98. The summed E-state index contributed by atoms with van der Waals surface area (Å²) in [6.45, 7) is 2.01. The molecule has 25 heavy (non-hydrogen) atoms. The molecular formula is C17H19N5O3. The Kier molecular flexibility index (Phi) is 5.26. The number of amides is 1. The number of carbonyl (C=O) groups is 1. The van der Waals surface area contributed by atoms with Crippen LogP contribution in [0.5, 0.6) is 0 Å². The second-order valence-electron chi connectivity index (χ2n) is 5.70. The fourth-order valence-electron chi connectivity index (χ4n) is 2.81. The third-order valence-electron chi connectivity index (χ3n) is 3.97. The average molecular weight is 341 g/mol. The Bertz CT molecular complexity index is 920. The Hall–Kier alpha value is -3.10. The van der Waals surface area contributed by atoms with Gasteiger partial charge in [0, 0.05) is 35.9 Å². The SMILES string of the molecule is CC1CC(=O)NN=C1c1ccc2nc(-c3cccnc3)[nH]c2c1.O.O. The van der Waals surface area contributed by atoms with Gasteiger partial charge in [0.15, 0.2) is 0 Å². The van der Waals surface area contributed by atoms with E-state index < -0.39 is 0 Å². The first-order valence-electron chi connectivity index (χ1n) is 7.47. The minimum Gasteiger partial charge on any atom is -0.412 e. The van der Waals surface area contributed by atoms with Crippen molar-refractivity contribution in [2.45, 2.75) is 13.3 Å². The lowest BCUT2D eigenvalue weighted by Gasteiger charge is -2.18. The molecular weight excluding hydrogens is 322 g/mol. The maximum atomic E-state index is 11.4. The number of H-pyrrole nitrogens is 1. The fourth-order valence-corrected chi connectivity index (χ4v) is 2.81. The zero-order valence-corrected chi connectivity index (χ0v) is 13.6. The predicted octanol–water partition coefficient (Wildman–Crippen LogP) is 0.836. The van der Waals surface area contributed by atoms with Gasteiger partial charge in [0.2, 0.25) is 5.91 Å². The minimum absolute atomic E-state index is 0. The first kappa shape index (κ1) is 18.2. The number of nitrogens with one attached hydrogen (secondary N) is 2. The van der Waals surface area contributed by atoms with Gasteiger partial charge in [0.1, 0.15) is 5.82 Å². The highest BCUT2D eigenvalue weighted by atomic mass is 16.2. The van der Waals surface area contributed by atoms with Crippen LogP contribution < -0.4 is 5.43 Å². The number of benzene rings is 1. The Morgan fingerprint density at radius 1 is 1.16 bits per heavy atom. The Balaban J connectivity index is 0.00000113. The quantitative estimate of drug-likeness (QED) is 0.711. The number of aromatic amines is 1. The maximum absolute atomic E-state index is 11.4. The summed E-state index contributed by atoms with van der Waals surface area (Å²) in [5.41, 5.74) is 7.21. The van der Waals surface area contributed by atoms with E-state index in [2.05, 4.69) is 25.5 Å². The molecule has 6 N–H and O–H groups in total. The highest BCUT2D eigenvalue weighted by Gasteiger charge is 2.22. The van der Waals surface area contributed by atoms with Crippen LogP contribution in [0.3, 0.4) is 0 Å². The summed E-state index contributed by atoms with van der Waals surface area (Å²) in [6, 6.07) is 9.83. The lowest BCUT2D eigenvalue weighted by Crippen LogP contribution is -2.31. The van der Waals surface area contributed by atoms with Crippen LogP contribution in [-0.4, -0.2) is 37.5 Å². The molecule has 4 rings (SSSR count). The van der Waals surface area contributed by atoms with E-state index in [-0.39, 0.29) is 22.8 Å². The van der Waals surface area contributed by atoms with Gasteiger partial charge in [-0.05, 0) is 24.3 Å². The van der Waals surface area contributed by atoms with E-state index in [9.17, 15) is 4.79 Å². The van der Waals surface area contributed by atoms with E-state index in [0.29, 0.717) is 6.42 Å². The van der Waals surface area contributed by atoms with Crippen molar-refractivity contribution in [2.24, 2.45) is 11.0 Å². The van der Waals surface area contributed by atoms with Gasteiger partial charge in [-0.2, -0.15) is 5.10 Å². The number of hydrogen-bond donors (Lipinski definition) is 2. The molecule has 0 aliphatic carbocycles. The summed E-state index contributed by atoms with van der Waals surface area (Å²) < 4.78 is 0. The average Bonchev–Trinajstić information content (AvgIpc) is 2.99. The molecule has 8 heteroatoms. The highest BCUT2D eigenvalue weighted by Crippen LogP contribution is 2.23. The summed E-state index contributed by atoms with van der Waals surface area (Å²) in [4.78, 5) is 23.4. The summed E-state index contributed by atoms with van der Waals surface area (Å²) in [7, 11) is 0. The number of fused-ring (bicyclic) bond motifs is 1. The van der Waals surface area contributed by atoms with Gasteiger partial charge in [-0.1, -0.05) is 13.0 Å². The number of pyridine rings is 1. The molecule has 2 aromatic heterocycles. The smallest absolute Gasteiger partial charge is 0.240 e. The van der Waals surface area contributed by atoms with Gasteiger partial charge < -0.3 is 15.9 Å². The van der Waals surface area contributed by atoms with Gasteiger partial charge in [-0.3, -0.25) is 9.78 Å². The molecule has 0 saturated carbocycles. The molecule has 1 amide bonds. The second-order valence-corrected chi connectivity index (χ2v) is 5.70. The molecule has 8 nitrogen and oxygen atoms in total. The highest BCUT2D eigenvalue weighted by molar-refractivity contribution is 6.07. The van der Waals surface area contributed by atoms with E-state index in [0.717, 1.165) is 33.7 Å². The number of rotatable bonds is 2. The molecule has 0 saturated heterocycles. The van der Waals surface area contributed by atoms with Crippen molar-refractivity contribution >= 4 is 22.7 Å². The van der Waals surface area contributed by atoms with Crippen LogP contribution in [0, 0.1) is 5.92 Å². The largest absolute Gasteiger partial charge is 0.412 e. The van der Waals surface area contributed by atoms with E-state index >= 15 is 0 Å². The van der Waals surface area contributed by atoms with Crippen LogP contribution >= 0.6 is 0 Å². The van der Waals surface area contributed by atoms with Crippen molar-refractivity contribution in [2.75, 3.05) is 0 Å². The van der Waals surface area contributed by atoms with Crippen molar-refractivity contribution < 1.29 is 15.7 Å². The van der Waals surface area contributed by atoms with E-state index in [4.69, 9.17) is 0 Å². The summed E-state index contributed by atoms with van der Waals surface area (Å²) in [5.74, 6) is 0.849. The molecule has 1 atom stereocenters. The number of imidazole rings is 1. The van der Waals surface area contributed by atoms with Crippen molar-refractivity contribution in [3.63, 3.8) is 0 Å². The normalized spacial score (nSPS) is 16.4. The molecule has 3 heterocycles. The molecule has 1 unspecified atom stereocenters. The lowest BCUT2D eigenvalue weighted by atomic mass is 9.94. The van der Waals surface area contributed by atoms with E-state index in [1.54, 1.807) is 12.4 Å². The molecule has 0 bridgehead atoms. The second kappa shape index (κ2) is 7.20. The van der Waals surface area contributed by atoms with E-state index in [1.165, 1.54) is 0 Å². The van der Waals surface area contributed by atoms with Crippen LogP contribution in [0.4, 0.5) is 0 Å². The third-order valence-corrected chi connectivity index (χ3v) is 3.97. The monoisotopic (exact) mass is 341 g/mol. The van der Waals surface area contributed by atoms with Crippen LogP contribution in [0.15, 0.2) is 47.8 Å². The lowest BCUT2D eigenvalue weighted by molar-refractivity contribution is -0.121. The van der Waals surface area contributed by atoms with Gasteiger partial charge in [0.25, 0.3) is 0 Å². The van der Waals surface area contributed by atoms with E-state index in [1.807, 2.05) is 37.3 Å². The van der Waals surface area contributed by atoms with Crippen molar-refractivity contribution in [3.8, 4) is 11.4 Å². The number of hydrazone groups is 1. The Morgan fingerprint density at radius 3 is 2.72 bits per heavy atom. The minimum atomic E-state index is -0.0391. The zero-order chi connectivity index (χ0) is 15.8. The molecule has 3 aromatic rings. The van der Waals surface area contributed by atoms with Gasteiger partial charge in [0.05, 0.1) is 16.7 Å². The molecule has 0 fully saturated rings. The van der Waals surface area contributed by atoms with Crippen molar-refractivity contribution in [1.82, 2.24) is 20.4 Å². The molecule has 130 valence electrons. The van der Waals surface area contributed by atoms with Crippen LogP contribution in [-0.2, 0) is 4.79 Å². The molecule has 1 aromatic carbocycles. The number of nitrogens with zero attached hydrogens (tertiary/aromatic N) is 3. The topological polar surface area (TPSA) is 146 Å². The van der Waals surface area contributed by atoms with Crippen molar-refractivity contribution in [3.05, 3.63) is 48.3 Å². The molecule has 0 radical (unpaired) electrons. The number of aromatic nitrogens is 3. The van der Waals surface area contributed by atoms with Crippen LogP contribution in [0.1, 0.15) is 18.9 Å². The van der Waals surface area contributed by atoms with Gasteiger partial charge in [-0.15, -0.1) is 0 Å². The predicted molar refractivity (Wildman–Crippen MR) is 95.0 cm³/mol. The zero-order valence-electron chi connectivity index (χ0n) is 13.6. The first-order valence-corrected chi connectivity index (χ1v) is 7.47. The third kappa shape index (κ3) is 3.39. The molecule has 0 spiro atoms. The van der Waals surface area contributed by atoms with Crippen LogP contribution in [0.2, 0.25) is 0 Å². The fraction of sp³-hybridized carbons (Fsp3) is 0.176. The maximum Gasteiger partial charge on any atom is 0.240 e. The summed E-state index contributed by atoms with van der Waals surface area (Å²) in [5, 5.41) is 4.21. The summed E-state index contributed by atoms with van der Waals surface area (Å²) >= 11 is 0. The van der Waals surface area contributed by atoms with Gasteiger partial charge in [-0.25, -0.2) is 10.4 Å². The molecule has 1 aliphatic rings. The van der Waals surface area contributed by atoms with Crippen molar-refractivity contribution in [1.29, 1.82) is 0 Å². The van der Waals surface area contributed by atoms with Gasteiger partial charge >= 0.3 is 0 Å². The molecule has 1 aliphatic heterocycles. The number of carbonyl (C=O) groups excluding carboxylic acids is 1. The number of hydrogen-bond acceptors (Lipinski definition) is 4. The van der Waals surface area contributed by atoms with Crippen LogP contribution in [0.25, 0.3) is 22.4 Å².